The van der Waals surface area contributed by atoms with E-state index in [0.29, 0.717) is 37.2 Å². The fraction of sp³-hybridized carbons (Fsp3) is 0.606. The molecule has 1 unspecified atom stereocenters. The van der Waals surface area contributed by atoms with E-state index in [9.17, 15) is 4.79 Å². The van der Waals surface area contributed by atoms with E-state index >= 15 is 0 Å². The van der Waals surface area contributed by atoms with E-state index < -0.39 is 6.29 Å². The van der Waals surface area contributed by atoms with Crippen LogP contribution in [-0.2, 0) is 14.2 Å². The van der Waals surface area contributed by atoms with Crippen LogP contribution in [0, 0.1) is 0 Å². The number of ether oxygens (including phenoxy) is 3. The normalized spacial score (nSPS) is 21.5. The molecule has 4 rings (SSSR count). The summed E-state index contributed by atoms with van der Waals surface area (Å²) in [6.07, 6.45) is 11.8. The highest BCUT2D eigenvalue weighted by atomic mass is 16.7. The van der Waals surface area contributed by atoms with Crippen LogP contribution in [0.5, 0.6) is 0 Å². The van der Waals surface area contributed by atoms with Crippen molar-refractivity contribution in [1.82, 2.24) is 0 Å². The molecule has 0 N–H and O–H groups in total. The van der Waals surface area contributed by atoms with Gasteiger partial charge in [-0.15, -0.1) is 0 Å². The van der Waals surface area contributed by atoms with Crippen LogP contribution in [0.15, 0.2) is 42.5 Å². The average molecular weight is 507 g/mol. The van der Waals surface area contributed by atoms with E-state index in [0.717, 1.165) is 24.8 Å². The lowest BCUT2D eigenvalue weighted by atomic mass is 9.78. The summed E-state index contributed by atoms with van der Waals surface area (Å²) in [7, 11) is 0. The molecule has 1 aliphatic carbocycles. The molecular weight excluding hydrogens is 460 g/mol. The Morgan fingerprint density at radius 3 is 2.30 bits per heavy atom. The van der Waals surface area contributed by atoms with Gasteiger partial charge in [-0.25, -0.2) is 4.79 Å². The molecule has 202 valence electrons. The van der Waals surface area contributed by atoms with Crippen molar-refractivity contribution in [1.29, 1.82) is 0 Å². The lowest BCUT2D eigenvalue weighted by Gasteiger charge is -2.33. The number of benzene rings is 2. The van der Waals surface area contributed by atoms with Gasteiger partial charge in [-0.05, 0) is 66.3 Å². The Balaban J connectivity index is 1.40. The largest absolute Gasteiger partial charge is 0.462 e. The first-order valence-corrected chi connectivity index (χ1v) is 14.7. The molecule has 1 saturated heterocycles. The number of esters is 1. The van der Waals surface area contributed by atoms with Gasteiger partial charge in [-0.1, -0.05) is 89.6 Å². The minimum absolute atomic E-state index is 0.251. The van der Waals surface area contributed by atoms with Crippen molar-refractivity contribution in [3.63, 3.8) is 0 Å². The summed E-state index contributed by atoms with van der Waals surface area (Å²) in [6, 6.07) is 14.7. The summed E-state index contributed by atoms with van der Waals surface area (Å²) >= 11 is 0. The van der Waals surface area contributed by atoms with Crippen LogP contribution in [-0.4, -0.2) is 25.8 Å². The van der Waals surface area contributed by atoms with Crippen LogP contribution in [0.2, 0.25) is 0 Å². The summed E-state index contributed by atoms with van der Waals surface area (Å²) in [6.45, 7) is 8.54. The van der Waals surface area contributed by atoms with Crippen LogP contribution in [0.25, 0.3) is 0 Å². The summed E-state index contributed by atoms with van der Waals surface area (Å²) in [5.41, 5.74) is 5.95. The summed E-state index contributed by atoms with van der Waals surface area (Å²) in [4.78, 5) is 12.3. The molecule has 0 spiro atoms. The average Bonchev–Trinajstić information content (AvgIpc) is 2.96. The van der Waals surface area contributed by atoms with Crippen LogP contribution in [0.1, 0.15) is 142 Å². The first-order chi connectivity index (χ1) is 18.1. The van der Waals surface area contributed by atoms with Gasteiger partial charge >= 0.3 is 5.97 Å². The zero-order valence-corrected chi connectivity index (χ0v) is 23.2. The van der Waals surface area contributed by atoms with Gasteiger partial charge in [0.05, 0.1) is 25.4 Å². The van der Waals surface area contributed by atoms with Crippen LogP contribution in [0.4, 0.5) is 0 Å². The maximum absolute atomic E-state index is 12.3. The van der Waals surface area contributed by atoms with Crippen molar-refractivity contribution >= 4 is 5.97 Å². The Morgan fingerprint density at radius 2 is 1.62 bits per heavy atom. The van der Waals surface area contributed by atoms with E-state index in [1.54, 1.807) is 0 Å². The van der Waals surface area contributed by atoms with Gasteiger partial charge in [0.2, 0.25) is 0 Å². The van der Waals surface area contributed by atoms with Gasteiger partial charge in [-0.2, -0.15) is 0 Å². The van der Waals surface area contributed by atoms with Crippen molar-refractivity contribution in [3.8, 4) is 0 Å². The first-order valence-electron chi connectivity index (χ1n) is 14.7. The maximum atomic E-state index is 12.3. The van der Waals surface area contributed by atoms with Gasteiger partial charge in [0.1, 0.15) is 0 Å². The molecule has 1 heterocycles. The van der Waals surface area contributed by atoms with Gasteiger partial charge in [-0.3, -0.25) is 0 Å². The lowest BCUT2D eigenvalue weighted by molar-refractivity contribution is -0.191. The van der Waals surface area contributed by atoms with E-state index in [4.69, 9.17) is 14.2 Å². The Bertz CT molecular complexity index is 968. The molecule has 0 amide bonds. The van der Waals surface area contributed by atoms with Crippen molar-refractivity contribution in [2.75, 3.05) is 19.8 Å². The van der Waals surface area contributed by atoms with E-state index in [1.807, 2.05) is 24.3 Å². The lowest BCUT2D eigenvalue weighted by Crippen LogP contribution is -2.27. The Kier molecular flexibility index (Phi) is 10.6. The molecule has 4 heteroatoms. The third-order valence-corrected chi connectivity index (χ3v) is 8.18. The number of hydrogen-bond acceptors (Lipinski definition) is 4. The molecule has 1 saturated carbocycles. The topological polar surface area (TPSA) is 44.8 Å². The highest BCUT2D eigenvalue weighted by molar-refractivity contribution is 5.89. The molecule has 0 bridgehead atoms. The van der Waals surface area contributed by atoms with E-state index in [-0.39, 0.29) is 11.9 Å². The number of hydrogen-bond donors (Lipinski definition) is 0. The minimum atomic E-state index is -0.396. The zero-order chi connectivity index (χ0) is 26.0. The second-order valence-electron chi connectivity index (χ2n) is 11.1. The molecule has 2 aromatic rings. The number of carbonyl (C=O) groups excluding carboxylic acids is 1. The van der Waals surface area contributed by atoms with Gasteiger partial charge < -0.3 is 14.2 Å². The Hall–Kier alpha value is -2.17. The number of unbranched alkanes of at least 4 members (excludes halogenated alkanes) is 2. The predicted octanol–water partition coefficient (Wildman–Crippen LogP) is 8.81. The van der Waals surface area contributed by atoms with Crippen molar-refractivity contribution < 1.29 is 19.0 Å². The van der Waals surface area contributed by atoms with Crippen molar-refractivity contribution in [3.05, 3.63) is 70.3 Å². The second kappa shape index (κ2) is 14.1. The molecule has 1 atom stereocenters. The monoisotopic (exact) mass is 506 g/mol. The Morgan fingerprint density at radius 1 is 0.892 bits per heavy atom. The molecule has 37 heavy (non-hydrogen) atoms. The third-order valence-electron chi connectivity index (χ3n) is 8.18. The molecule has 4 nitrogen and oxygen atoms in total. The van der Waals surface area contributed by atoms with Crippen LogP contribution >= 0.6 is 0 Å². The quantitative estimate of drug-likeness (QED) is 0.226. The van der Waals surface area contributed by atoms with Crippen LogP contribution < -0.4 is 0 Å². The molecule has 0 aromatic heterocycles. The van der Waals surface area contributed by atoms with Crippen molar-refractivity contribution in [2.45, 2.75) is 109 Å². The number of rotatable bonds is 11. The molecule has 1 aliphatic heterocycles. The van der Waals surface area contributed by atoms with Gasteiger partial charge in [0, 0.05) is 11.5 Å². The SMILES string of the molecule is CCCCCOC(=O)c1ccc([C@H]2OC[C@H](c3ccc(C(C)CCC)cc3C3CCCCC3)CO2)cc1. The Labute approximate surface area is 224 Å². The highest BCUT2D eigenvalue weighted by Gasteiger charge is 2.29. The van der Waals surface area contributed by atoms with E-state index in [2.05, 4.69) is 39.0 Å². The summed E-state index contributed by atoms with van der Waals surface area (Å²) in [5.74, 6) is 1.24. The third kappa shape index (κ3) is 7.45. The molecule has 2 fully saturated rings. The van der Waals surface area contributed by atoms with Crippen molar-refractivity contribution in [2.24, 2.45) is 0 Å². The smallest absolute Gasteiger partial charge is 0.338 e. The molecule has 2 aliphatic rings. The van der Waals surface area contributed by atoms with Gasteiger partial charge in [0.25, 0.3) is 0 Å². The van der Waals surface area contributed by atoms with E-state index in [1.165, 1.54) is 61.6 Å². The number of carbonyl (C=O) groups is 1. The maximum Gasteiger partial charge on any atom is 0.338 e. The predicted molar refractivity (Wildman–Crippen MR) is 149 cm³/mol. The molecular formula is C33H46O4. The standard InChI is InChI=1S/C33H46O4/c1-4-6-10-20-35-32(34)26-14-16-27(17-15-26)33-36-22-29(23-37-33)30-19-18-28(24(3)11-5-2)21-31(30)25-12-8-7-9-13-25/h14-19,21,24-25,29,33H,4-13,20,22-23H2,1-3H3/t24?,29-,33-. The highest BCUT2D eigenvalue weighted by Crippen LogP contribution is 2.40. The fourth-order valence-corrected chi connectivity index (χ4v) is 5.89. The summed E-state index contributed by atoms with van der Waals surface area (Å²) < 4.78 is 17.9. The zero-order valence-electron chi connectivity index (χ0n) is 23.2. The first kappa shape index (κ1) is 27.9. The molecule has 2 aromatic carbocycles. The molecule has 0 radical (unpaired) electrons. The van der Waals surface area contributed by atoms with Gasteiger partial charge in [0.15, 0.2) is 6.29 Å². The van der Waals surface area contributed by atoms with Crippen LogP contribution in [0.3, 0.4) is 0 Å². The minimum Gasteiger partial charge on any atom is -0.462 e. The summed E-state index contributed by atoms with van der Waals surface area (Å²) in [5, 5.41) is 0. The second-order valence-corrected chi connectivity index (χ2v) is 11.1. The fourth-order valence-electron chi connectivity index (χ4n) is 5.89.